The van der Waals surface area contributed by atoms with Crippen LogP contribution in [0.4, 0.5) is 26.3 Å². The van der Waals surface area contributed by atoms with E-state index < -0.39 is 35.4 Å². The van der Waals surface area contributed by atoms with Gasteiger partial charge in [0.2, 0.25) is 0 Å². The highest BCUT2D eigenvalue weighted by Crippen LogP contribution is 2.42. The molecule has 0 heterocycles. The van der Waals surface area contributed by atoms with E-state index in [1.165, 1.54) is 0 Å². The Morgan fingerprint density at radius 1 is 1.00 bits per heavy atom. The topological polar surface area (TPSA) is 40.5 Å². The van der Waals surface area contributed by atoms with Gasteiger partial charge in [0.1, 0.15) is 0 Å². The zero-order chi connectivity index (χ0) is 17.7. The van der Waals surface area contributed by atoms with Gasteiger partial charge in [-0.15, -0.1) is 4.90 Å². The maximum absolute atomic E-state index is 13.0. The van der Waals surface area contributed by atoms with E-state index in [2.05, 4.69) is 0 Å². The van der Waals surface area contributed by atoms with Gasteiger partial charge in [-0.3, -0.25) is 4.79 Å². The van der Waals surface area contributed by atoms with Crippen molar-refractivity contribution in [3.8, 4) is 0 Å². The molecule has 0 aromatic rings. The molecule has 1 unspecified atom stereocenters. The number of unbranched alkanes of at least 4 members (excludes halogenated alkanes) is 1. The lowest BCUT2D eigenvalue weighted by Gasteiger charge is -2.40. The molecule has 23 heavy (non-hydrogen) atoms. The van der Waals surface area contributed by atoms with Crippen molar-refractivity contribution in [2.24, 2.45) is 5.92 Å². The number of nitrogens with zero attached hydrogens (tertiary/aromatic N) is 1. The van der Waals surface area contributed by atoms with Gasteiger partial charge in [-0.05, 0) is 31.6 Å². The first-order valence-electron chi connectivity index (χ1n) is 7.68. The molecule has 136 valence electrons. The molecule has 1 rings (SSSR count). The molecule has 1 atom stereocenters. The van der Waals surface area contributed by atoms with Gasteiger partial charge >= 0.3 is 18.6 Å². The third-order valence-electron chi connectivity index (χ3n) is 4.21. The number of carboxylic acids is 1. The van der Waals surface area contributed by atoms with Crippen LogP contribution in [-0.2, 0) is 4.79 Å². The highest BCUT2D eigenvalue weighted by molar-refractivity contribution is 5.66. The third-order valence-corrected chi connectivity index (χ3v) is 4.21. The number of halogens is 6. The minimum absolute atomic E-state index is 0.0239. The van der Waals surface area contributed by atoms with Crippen molar-refractivity contribution in [1.82, 2.24) is 4.90 Å². The maximum atomic E-state index is 13.0. The van der Waals surface area contributed by atoms with Crippen LogP contribution in [0.2, 0.25) is 0 Å². The van der Waals surface area contributed by atoms with Gasteiger partial charge in [0, 0.05) is 12.5 Å². The van der Waals surface area contributed by atoms with Gasteiger partial charge < -0.3 is 5.11 Å². The van der Waals surface area contributed by atoms with Crippen LogP contribution in [0.25, 0.3) is 0 Å². The molecule has 0 saturated heterocycles. The molecule has 1 fully saturated rings. The predicted molar refractivity (Wildman–Crippen MR) is 70.4 cm³/mol. The number of carbonyl (C=O) groups is 1. The Morgan fingerprint density at radius 2 is 1.52 bits per heavy atom. The van der Waals surface area contributed by atoms with Crippen molar-refractivity contribution in [3.05, 3.63) is 0 Å². The SMILES string of the molecule is O=C(O)CCCCC(C1CCCCC1)N(C(F)(F)F)C(F)(F)F. The summed E-state index contributed by atoms with van der Waals surface area (Å²) < 4.78 is 77.8. The van der Waals surface area contributed by atoms with Crippen LogP contribution in [0.5, 0.6) is 0 Å². The van der Waals surface area contributed by atoms with Gasteiger partial charge in [-0.1, -0.05) is 25.7 Å². The Kier molecular flexibility index (Phi) is 7.16. The summed E-state index contributed by atoms with van der Waals surface area (Å²) in [7, 11) is 0. The van der Waals surface area contributed by atoms with Crippen molar-refractivity contribution in [3.63, 3.8) is 0 Å². The summed E-state index contributed by atoms with van der Waals surface area (Å²) in [6, 6.07) is -1.68. The maximum Gasteiger partial charge on any atom is 0.467 e. The standard InChI is InChI=1S/C14H21F6NO2/c15-13(16,17)21(14(18,19)20)11(8-4-5-9-12(22)23)10-6-2-1-3-7-10/h10-11H,1-9H2,(H,22,23). The predicted octanol–water partition coefficient (Wildman–Crippen LogP) is 4.92. The molecule has 0 aromatic carbocycles. The zero-order valence-corrected chi connectivity index (χ0v) is 12.6. The largest absolute Gasteiger partial charge is 0.481 e. The molecular weight excluding hydrogens is 328 g/mol. The van der Waals surface area contributed by atoms with Crippen LogP contribution < -0.4 is 0 Å². The number of carboxylic acid groups (broad SMARTS) is 1. The first kappa shape index (κ1) is 20.1. The van der Waals surface area contributed by atoms with Gasteiger partial charge in [0.05, 0.1) is 0 Å². The molecule has 9 heteroatoms. The summed E-state index contributed by atoms with van der Waals surface area (Å²) >= 11 is 0. The molecule has 1 N–H and O–H groups in total. The smallest absolute Gasteiger partial charge is 0.467 e. The monoisotopic (exact) mass is 349 g/mol. The van der Waals surface area contributed by atoms with Gasteiger partial charge in [-0.25, -0.2) is 0 Å². The summed E-state index contributed by atoms with van der Waals surface area (Å²) in [5, 5.41) is 8.52. The summed E-state index contributed by atoms with van der Waals surface area (Å²) in [5.74, 6) is -1.78. The Bertz CT molecular complexity index is 362. The Morgan fingerprint density at radius 3 is 1.96 bits per heavy atom. The van der Waals surface area contributed by atoms with Crippen molar-refractivity contribution < 1.29 is 36.2 Å². The fourth-order valence-electron chi connectivity index (χ4n) is 3.24. The number of hydrogen-bond donors (Lipinski definition) is 1. The molecule has 1 saturated carbocycles. The van der Waals surface area contributed by atoms with Gasteiger partial charge in [0.15, 0.2) is 0 Å². The van der Waals surface area contributed by atoms with Gasteiger partial charge in [0.25, 0.3) is 0 Å². The van der Waals surface area contributed by atoms with Crippen LogP contribution in [-0.4, -0.2) is 34.6 Å². The van der Waals surface area contributed by atoms with E-state index in [0.29, 0.717) is 25.7 Å². The van der Waals surface area contributed by atoms with E-state index in [-0.39, 0.29) is 25.7 Å². The Hall–Kier alpha value is -0.990. The number of rotatable bonds is 7. The van der Waals surface area contributed by atoms with E-state index in [1.54, 1.807) is 0 Å². The second-order valence-electron chi connectivity index (χ2n) is 5.91. The number of alkyl halides is 6. The zero-order valence-electron chi connectivity index (χ0n) is 12.6. The minimum atomic E-state index is -5.49. The third kappa shape index (κ3) is 6.56. The van der Waals surface area contributed by atoms with Crippen LogP contribution in [0, 0.1) is 5.92 Å². The fourth-order valence-corrected chi connectivity index (χ4v) is 3.24. The van der Waals surface area contributed by atoms with Crippen LogP contribution in [0.15, 0.2) is 0 Å². The highest BCUT2D eigenvalue weighted by Gasteiger charge is 2.58. The van der Waals surface area contributed by atoms with E-state index >= 15 is 0 Å². The number of hydrogen-bond acceptors (Lipinski definition) is 2. The average Bonchev–Trinajstić information content (AvgIpc) is 2.39. The molecule has 0 bridgehead atoms. The lowest BCUT2D eigenvalue weighted by molar-refractivity contribution is -0.389. The average molecular weight is 349 g/mol. The molecule has 0 amide bonds. The Labute approximate surface area is 130 Å². The first-order valence-corrected chi connectivity index (χ1v) is 7.68. The van der Waals surface area contributed by atoms with E-state index in [9.17, 15) is 31.1 Å². The molecule has 1 aliphatic carbocycles. The summed E-state index contributed by atoms with van der Waals surface area (Å²) in [5.41, 5.74) is 0. The van der Waals surface area contributed by atoms with E-state index in [1.807, 2.05) is 0 Å². The normalized spacial score (nSPS) is 19.1. The summed E-state index contributed by atoms with van der Waals surface area (Å²) in [6.45, 7) is 0. The second kappa shape index (κ2) is 8.21. The molecule has 1 aliphatic rings. The van der Waals surface area contributed by atoms with Crippen molar-refractivity contribution in [2.75, 3.05) is 0 Å². The quantitative estimate of drug-likeness (QED) is 0.403. The van der Waals surface area contributed by atoms with Gasteiger partial charge in [-0.2, -0.15) is 26.3 Å². The molecule has 0 aliphatic heterocycles. The van der Waals surface area contributed by atoms with E-state index in [0.717, 1.165) is 6.42 Å². The first-order chi connectivity index (χ1) is 10.5. The van der Waals surface area contributed by atoms with E-state index in [4.69, 9.17) is 5.11 Å². The van der Waals surface area contributed by atoms with Crippen molar-refractivity contribution >= 4 is 5.97 Å². The van der Waals surface area contributed by atoms with Crippen molar-refractivity contribution in [1.29, 1.82) is 0 Å². The minimum Gasteiger partial charge on any atom is -0.481 e. The van der Waals surface area contributed by atoms with Crippen molar-refractivity contribution in [2.45, 2.75) is 76.4 Å². The van der Waals surface area contributed by atoms with Crippen LogP contribution in [0.1, 0.15) is 57.8 Å². The molecule has 0 radical (unpaired) electrons. The van der Waals surface area contributed by atoms with Crippen LogP contribution in [0.3, 0.4) is 0 Å². The van der Waals surface area contributed by atoms with Crippen LogP contribution >= 0.6 is 0 Å². The lowest BCUT2D eigenvalue weighted by atomic mass is 9.81. The lowest BCUT2D eigenvalue weighted by Crippen LogP contribution is -2.56. The highest BCUT2D eigenvalue weighted by atomic mass is 19.4. The molecule has 0 aromatic heterocycles. The number of aliphatic carboxylic acids is 1. The molecule has 0 spiro atoms. The Balaban J connectivity index is 2.88. The summed E-state index contributed by atoms with van der Waals surface area (Å²) in [4.78, 5) is 9.15. The molecule has 3 nitrogen and oxygen atoms in total. The summed E-state index contributed by atoms with van der Waals surface area (Å²) in [6.07, 6.45) is -8.70. The fraction of sp³-hybridized carbons (Fsp3) is 0.929. The molecular formula is C14H21F6NO2. The second-order valence-corrected chi connectivity index (χ2v) is 5.91.